The molecular weight excluding hydrogens is 254 g/mol. The summed E-state index contributed by atoms with van der Waals surface area (Å²) in [5.41, 5.74) is 9.39. The maximum atomic E-state index is 11.8. The molecule has 0 heterocycles. The molecule has 0 saturated carbocycles. The first-order chi connectivity index (χ1) is 8.98. The Morgan fingerprint density at radius 2 is 1.50 bits per heavy atom. The molecule has 108 valence electrons. The topological polar surface area (TPSA) is 86.1 Å². The number of carbonyl (C=O) groups is 1. The van der Waals surface area contributed by atoms with Crippen LogP contribution in [-0.4, -0.2) is 11.0 Å². The molecule has 0 saturated heterocycles. The SMILES string of the molecule is CC(C)(C)c1cc(C(=O)N=[N+]=[N-])cc(C(C)(C)C)c1O. The summed E-state index contributed by atoms with van der Waals surface area (Å²) < 4.78 is 0. The van der Waals surface area contributed by atoms with E-state index in [0.717, 1.165) is 0 Å². The van der Waals surface area contributed by atoms with Crippen molar-refractivity contribution in [2.45, 2.75) is 52.4 Å². The molecule has 1 aromatic rings. The lowest BCUT2D eigenvalue weighted by Crippen LogP contribution is -2.18. The summed E-state index contributed by atoms with van der Waals surface area (Å²) in [6.45, 7) is 11.7. The van der Waals surface area contributed by atoms with E-state index >= 15 is 0 Å². The number of carbonyl (C=O) groups excluding carboxylic acids is 1. The van der Waals surface area contributed by atoms with Crippen LogP contribution in [0, 0.1) is 0 Å². The van der Waals surface area contributed by atoms with Gasteiger partial charge in [-0.1, -0.05) is 41.5 Å². The smallest absolute Gasteiger partial charge is 0.249 e. The van der Waals surface area contributed by atoms with Crippen molar-refractivity contribution in [3.63, 3.8) is 0 Å². The van der Waals surface area contributed by atoms with Crippen LogP contribution in [0.4, 0.5) is 0 Å². The van der Waals surface area contributed by atoms with Crippen molar-refractivity contribution in [2.24, 2.45) is 5.11 Å². The molecule has 1 aromatic carbocycles. The zero-order chi connectivity index (χ0) is 15.7. The lowest BCUT2D eigenvalue weighted by Gasteiger charge is -2.27. The molecule has 0 unspecified atom stereocenters. The zero-order valence-corrected chi connectivity index (χ0v) is 12.9. The summed E-state index contributed by atoms with van der Waals surface area (Å²) in [7, 11) is 0. The Kier molecular flexibility index (Phi) is 4.15. The molecule has 20 heavy (non-hydrogen) atoms. The highest BCUT2D eigenvalue weighted by molar-refractivity contribution is 5.95. The maximum Gasteiger partial charge on any atom is 0.249 e. The van der Waals surface area contributed by atoms with Crippen LogP contribution in [0.2, 0.25) is 0 Å². The number of hydrogen-bond acceptors (Lipinski definition) is 2. The lowest BCUT2D eigenvalue weighted by atomic mass is 9.78. The van der Waals surface area contributed by atoms with Crippen molar-refractivity contribution in [3.8, 4) is 5.75 Å². The highest BCUT2D eigenvalue weighted by Gasteiger charge is 2.27. The number of phenols is 1. The second-order valence-corrected chi connectivity index (χ2v) is 6.91. The largest absolute Gasteiger partial charge is 0.507 e. The lowest BCUT2D eigenvalue weighted by molar-refractivity contribution is 0.1000. The third kappa shape index (κ3) is 3.31. The van der Waals surface area contributed by atoms with Crippen LogP contribution in [0.25, 0.3) is 10.4 Å². The van der Waals surface area contributed by atoms with Gasteiger partial charge in [0, 0.05) is 21.6 Å². The number of rotatable bonds is 1. The van der Waals surface area contributed by atoms with Gasteiger partial charge in [0.05, 0.1) is 0 Å². The van der Waals surface area contributed by atoms with E-state index in [1.54, 1.807) is 12.1 Å². The van der Waals surface area contributed by atoms with Gasteiger partial charge in [-0.3, -0.25) is 4.79 Å². The fourth-order valence-electron chi connectivity index (χ4n) is 2.00. The van der Waals surface area contributed by atoms with Crippen molar-refractivity contribution < 1.29 is 9.90 Å². The molecular formula is C15H21N3O2. The van der Waals surface area contributed by atoms with E-state index in [1.807, 2.05) is 41.5 Å². The molecule has 0 bridgehead atoms. The monoisotopic (exact) mass is 275 g/mol. The van der Waals surface area contributed by atoms with E-state index in [-0.39, 0.29) is 16.6 Å². The van der Waals surface area contributed by atoms with E-state index < -0.39 is 5.91 Å². The molecule has 0 spiro atoms. The molecule has 1 amide bonds. The van der Waals surface area contributed by atoms with Crippen LogP contribution in [-0.2, 0) is 10.8 Å². The van der Waals surface area contributed by atoms with Crippen molar-refractivity contribution in [3.05, 3.63) is 39.3 Å². The Bertz CT molecular complexity index is 551. The fourth-order valence-corrected chi connectivity index (χ4v) is 2.00. The maximum absolute atomic E-state index is 11.8. The predicted molar refractivity (Wildman–Crippen MR) is 79.0 cm³/mol. The Balaban J connectivity index is 3.67. The molecule has 0 aliphatic heterocycles. The second-order valence-electron chi connectivity index (χ2n) is 6.91. The molecule has 1 rings (SSSR count). The molecule has 5 heteroatoms. The van der Waals surface area contributed by atoms with Gasteiger partial charge in [-0.25, -0.2) is 0 Å². The number of aromatic hydroxyl groups is 1. The average molecular weight is 275 g/mol. The minimum absolute atomic E-state index is 0.197. The van der Waals surface area contributed by atoms with E-state index in [0.29, 0.717) is 16.7 Å². The first-order valence-electron chi connectivity index (χ1n) is 6.46. The minimum atomic E-state index is -0.636. The molecule has 0 aromatic heterocycles. The van der Waals surface area contributed by atoms with Gasteiger partial charge in [0.25, 0.3) is 0 Å². The zero-order valence-electron chi connectivity index (χ0n) is 12.9. The minimum Gasteiger partial charge on any atom is -0.507 e. The number of amides is 1. The molecule has 5 nitrogen and oxygen atoms in total. The van der Waals surface area contributed by atoms with Crippen LogP contribution in [0.3, 0.4) is 0 Å². The molecule has 1 N–H and O–H groups in total. The van der Waals surface area contributed by atoms with Crippen molar-refractivity contribution in [1.82, 2.24) is 0 Å². The first kappa shape index (κ1) is 16.1. The number of azide groups is 1. The molecule has 0 aliphatic carbocycles. The van der Waals surface area contributed by atoms with Gasteiger partial charge in [0.15, 0.2) is 0 Å². The van der Waals surface area contributed by atoms with E-state index in [2.05, 4.69) is 10.0 Å². The quantitative estimate of drug-likeness (QED) is 0.466. The van der Waals surface area contributed by atoms with Crippen LogP contribution < -0.4 is 0 Å². The van der Waals surface area contributed by atoms with Crippen molar-refractivity contribution in [2.75, 3.05) is 0 Å². The normalized spacial score (nSPS) is 11.9. The van der Waals surface area contributed by atoms with Crippen LogP contribution in [0.1, 0.15) is 63.0 Å². The highest BCUT2D eigenvalue weighted by atomic mass is 16.3. The Morgan fingerprint density at radius 3 is 1.80 bits per heavy atom. The Labute approximate surface area is 119 Å². The number of benzene rings is 1. The van der Waals surface area contributed by atoms with E-state index in [4.69, 9.17) is 5.53 Å². The van der Waals surface area contributed by atoms with Crippen molar-refractivity contribution >= 4 is 5.91 Å². The van der Waals surface area contributed by atoms with Crippen LogP contribution in [0.5, 0.6) is 5.75 Å². The van der Waals surface area contributed by atoms with Gasteiger partial charge in [-0.05, 0) is 33.6 Å². The molecule has 0 fully saturated rings. The van der Waals surface area contributed by atoms with Gasteiger partial charge in [-0.15, -0.1) is 0 Å². The fraction of sp³-hybridized carbons (Fsp3) is 0.533. The average Bonchev–Trinajstić information content (AvgIpc) is 2.26. The molecule has 0 aliphatic rings. The first-order valence-corrected chi connectivity index (χ1v) is 6.46. The van der Waals surface area contributed by atoms with Gasteiger partial charge < -0.3 is 5.11 Å². The predicted octanol–water partition coefficient (Wildman–Crippen LogP) is 4.44. The van der Waals surface area contributed by atoms with Crippen LogP contribution in [0.15, 0.2) is 17.2 Å². The Hall–Kier alpha value is -2.00. The summed E-state index contributed by atoms with van der Waals surface area (Å²) in [6, 6.07) is 3.20. The molecule has 0 atom stereocenters. The van der Waals surface area contributed by atoms with Crippen molar-refractivity contribution in [1.29, 1.82) is 0 Å². The number of phenolic OH excluding ortho intramolecular Hbond substituents is 1. The highest BCUT2D eigenvalue weighted by Crippen LogP contribution is 2.39. The molecule has 0 radical (unpaired) electrons. The van der Waals surface area contributed by atoms with Gasteiger partial charge >= 0.3 is 0 Å². The Morgan fingerprint density at radius 1 is 1.10 bits per heavy atom. The van der Waals surface area contributed by atoms with E-state index in [9.17, 15) is 9.90 Å². The second kappa shape index (κ2) is 5.17. The van der Waals surface area contributed by atoms with Gasteiger partial charge in [0.2, 0.25) is 5.91 Å². The van der Waals surface area contributed by atoms with Gasteiger partial charge in [-0.2, -0.15) is 0 Å². The summed E-state index contributed by atoms with van der Waals surface area (Å²) in [5.74, 6) is -0.439. The number of hydrogen-bond donors (Lipinski definition) is 1. The summed E-state index contributed by atoms with van der Waals surface area (Å²) >= 11 is 0. The number of nitrogens with zero attached hydrogens (tertiary/aromatic N) is 3. The van der Waals surface area contributed by atoms with E-state index in [1.165, 1.54) is 0 Å². The van der Waals surface area contributed by atoms with Crippen LogP contribution >= 0.6 is 0 Å². The van der Waals surface area contributed by atoms with Gasteiger partial charge in [0.1, 0.15) is 5.75 Å². The summed E-state index contributed by atoms with van der Waals surface area (Å²) in [6.07, 6.45) is 0. The summed E-state index contributed by atoms with van der Waals surface area (Å²) in [4.78, 5) is 14.3. The third-order valence-corrected chi connectivity index (χ3v) is 3.11. The third-order valence-electron chi connectivity index (χ3n) is 3.11. The standard InChI is InChI=1S/C15H21N3O2/c1-14(2,3)10-7-9(13(20)17-18-16)8-11(12(10)19)15(4,5)6/h7-8,19H,1-6H3. The summed E-state index contributed by atoms with van der Waals surface area (Å²) in [5, 5.41) is 13.6.